The molecule has 0 saturated heterocycles. The van der Waals surface area contributed by atoms with Crippen LogP contribution in [0.2, 0.25) is 10.0 Å². The lowest BCUT2D eigenvalue weighted by Gasteiger charge is -2.13. The molecule has 1 amide bonds. The van der Waals surface area contributed by atoms with Gasteiger partial charge in [-0.15, -0.1) is 0 Å². The minimum Gasteiger partial charge on any atom is -0.490 e. The highest BCUT2D eigenvalue weighted by molar-refractivity contribution is 6.42. The second-order valence-corrected chi connectivity index (χ2v) is 6.37. The molecule has 2 rings (SSSR count). The largest absolute Gasteiger partial charge is 0.490 e. The molecule has 0 heterocycles. The summed E-state index contributed by atoms with van der Waals surface area (Å²) in [4.78, 5) is 12.0. The number of benzene rings is 2. The van der Waals surface area contributed by atoms with Crippen molar-refractivity contribution in [2.24, 2.45) is 0 Å². The van der Waals surface area contributed by atoms with E-state index < -0.39 is 0 Å². The van der Waals surface area contributed by atoms with Gasteiger partial charge in [-0.05, 0) is 50.1 Å². The van der Waals surface area contributed by atoms with Gasteiger partial charge in [0.15, 0.2) is 18.1 Å². The molecular formula is C20H23Cl2NO4. The normalized spacial score (nSPS) is 10.4. The highest BCUT2D eigenvalue weighted by Gasteiger charge is 2.09. The first-order chi connectivity index (χ1) is 13.0. The molecule has 0 spiro atoms. The van der Waals surface area contributed by atoms with Gasteiger partial charge in [0, 0.05) is 6.54 Å². The molecule has 146 valence electrons. The molecule has 27 heavy (non-hydrogen) atoms. The van der Waals surface area contributed by atoms with Crippen LogP contribution in [0.15, 0.2) is 36.4 Å². The molecule has 0 unspecified atom stereocenters. The smallest absolute Gasteiger partial charge is 0.257 e. The SMILES string of the molecule is CCOc1ccc(CCNC(=O)COc2cccc(Cl)c2Cl)cc1OCC. The van der Waals surface area contributed by atoms with Crippen LogP contribution in [0, 0.1) is 0 Å². The average molecular weight is 412 g/mol. The fourth-order valence-corrected chi connectivity index (χ4v) is 2.73. The Labute approximate surface area is 169 Å². The Morgan fingerprint density at radius 1 is 0.963 bits per heavy atom. The van der Waals surface area contributed by atoms with E-state index >= 15 is 0 Å². The Balaban J connectivity index is 1.82. The number of rotatable bonds is 10. The molecule has 2 aromatic rings. The fraction of sp³-hybridized carbons (Fsp3) is 0.350. The van der Waals surface area contributed by atoms with Crippen molar-refractivity contribution < 1.29 is 19.0 Å². The number of carbonyl (C=O) groups is 1. The minimum absolute atomic E-state index is 0.131. The van der Waals surface area contributed by atoms with Gasteiger partial charge in [-0.2, -0.15) is 0 Å². The summed E-state index contributed by atoms with van der Waals surface area (Å²) in [7, 11) is 0. The van der Waals surface area contributed by atoms with Crippen molar-refractivity contribution in [3.8, 4) is 17.2 Å². The van der Waals surface area contributed by atoms with E-state index in [9.17, 15) is 4.79 Å². The summed E-state index contributed by atoms with van der Waals surface area (Å²) < 4.78 is 16.6. The van der Waals surface area contributed by atoms with Gasteiger partial charge in [0.05, 0.1) is 18.2 Å². The topological polar surface area (TPSA) is 56.8 Å². The van der Waals surface area contributed by atoms with Crippen molar-refractivity contribution in [3.63, 3.8) is 0 Å². The first-order valence-electron chi connectivity index (χ1n) is 8.77. The molecule has 0 saturated carbocycles. The third-order valence-electron chi connectivity index (χ3n) is 3.62. The quantitative estimate of drug-likeness (QED) is 0.623. The van der Waals surface area contributed by atoms with E-state index in [0.717, 1.165) is 11.3 Å². The maximum absolute atomic E-state index is 12.0. The third kappa shape index (κ3) is 6.52. The molecule has 0 aromatic heterocycles. The molecule has 5 nitrogen and oxygen atoms in total. The summed E-state index contributed by atoms with van der Waals surface area (Å²) in [6.45, 7) is 5.33. The Kier molecular flexibility index (Phi) is 8.55. The monoisotopic (exact) mass is 411 g/mol. The van der Waals surface area contributed by atoms with Gasteiger partial charge in [0.1, 0.15) is 10.8 Å². The molecular weight excluding hydrogens is 389 g/mol. The van der Waals surface area contributed by atoms with Crippen LogP contribution in [-0.2, 0) is 11.2 Å². The zero-order valence-electron chi connectivity index (χ0n) is 15.4. The van der Waals surface area contributed by atoms with Gasteiger partial charge >= 0.3 is 0 Å². The van der Waals surface area contributed by atoms with Crippen molar-refractivity contribution >= 4 is 29.1 Å². The average Bonchev–Trinajstić information content (AvgIpc) is 2.65. The number of ether oxygens (including phenoxy) is 3. The van der Waals surface area contributed by atoms with E-state index in [1.807, 2.05) is 32.0 Å². The first kappa shape index (κ1) is 21.2. The standard InChI is InChI=1S/C20H23Cl2NO4/c1-3-25-16-9-8-14(12-18(16)26-4-2)10-11-23-19(24)13-27-17-7-5-6-15(21)20(17)22/h5-9,12H,3-4,10-11,13H2,1-2H3,(H,23,24). The van der Waals surface area contributed by atoms with Crippen molar-refractivity contribution in [1.29, 1.82) is 0 Å². The van der Waals surface area contributed by atoms with Crippen LogP contribution in [0.1, 0.15) is 19.4 Å². The van der Waals surface area contributed by atoms with Gasteiger partial charge in [-0.25, -0.2) is 0 Å². The van der Waals surface area contributed by atoms with Gasteiger partial charge in [0.2, 0.25) is 0 Å². The maximum Gasteiger partial charge on any atom is 0.257 e. The molecule has 1 N–H and O–H groups in total. The van der Waals surface area contributed by atoms with E-state index in [1.165, 1.54) is 0 Å². The third-order valence-corrected chi connectivity index (χ3v) is 4.42. The lowest BCUT2D eigenvalue weighted by Crippen LogP contribution is -2.30. The number of halogens is 2. The number of nitrogens with one attached hydrogen (secondary N) is 1. The molecule has 0 aliphatic heterocycles. The molecule has 0 aliphatic rings. The van der Waals surface area contributed by atoms with E-state index in [0.29, 0.717) is 47.7 Å². The lowest BCUT2D eigenvalue weighted by molar-refractivity contribution is -0.123. The van der Waals surface area contributed by atoms with E-state index in [4.69, 9.17) is 37.4 Å². The Bertz CT molecular complexity index is 768. The molecule has 0 bridgehead atoms. The molecule has 0 fully saturated rings. The van der Waals surface area contributed by atoms with Crippen LogP contribution >= 0.6 is 23.2 Å². The van der Waals surface area contributed by atoms with Gasteiger partial charge in [0.25, 0.3) is 5.91 Å². The van der Waals surface area contributed by atoms with Crippen molar-refractivity contribution in [2.75, 3.05) is 26.4 Å². The summed E-state index contributed by atoms with van der Waals surface area (Å²) in [6.07, 6.45) is 0.663. The second-order valence-electron chi connectivity index (χ2n) is 5.59. The summed E-state index contributed by atoms with van der Waals surface area (Å²) in [5.74, 6) is 1.58. The van der Waals surface area contributed by atoms with Gasteiger partial charge in [-0.1, -0.05) is 35.3 Å². The van der Waals surface area contributed by atoms with Gasteiger partial charge < -0.3 is 19.5 Å². The molecule has 0 atom stereocenters. The van der Waals surface area contributed by atoms with Crippen molar-refractivity contribution in [3.05, 3.63) is 52.0 Å². The zero-order valence-corrected chi connectivity index (χ0v) is 16.9. The van der Waals surface area contributed by atoms with Crippen LogP contribution in [0.25, 0.3) is 0 Å². The summed E-state index contributed by atoms with van der Waals surface area (Å²) >= 11 is 11.9. The predicted octanol–water partition coefficient (Wildman–Crippen LogP) is 4.53. The predicted molar refractivity (Wildman–Crippen MR) is 107 cm³/mol. The number of carbonyl (C=O) groups excluding carboxylic acids is 1. The highest BCUT2D eigenvalue weighted by atomic mass is 35.5. The number of hydrogen-bond donors (Lipinski definition) is 1. The maximum atomic E-state index is 12.0. The summed E-state index contributed by atoms with van der Waals surface area (Å²) in [5.41, 5.74) is 1.04. The van der Waals surface area contributed by atoms with Gasteiger partial charge in [-0.3, -0.25) is 4.79 Å². The van der Waals surface area contributed by atoms with E-state index in [-0.39, 0.29) is 12.5 Å². The van der Waals surface area contributed by atoms with Crippen molar-refractivity contribution in [2.45, 2.75) is 20.3 Å². The molecule has 7 heteroatoms. The van der Waals surface area contributed by atoms with Crippen molar-refractivity contribution in [1.82, 2.24) is 5.32 Å². The minimum atomic E-state index is -0.234. The Morgan fingerprint density at radius 2 is 1.70 bits per heavy atom. The molecule has 2 aromatic carbocycles. The number of hydrogen-bond acceptors (Lipinski definition) is 4. The molecule has 0 aliphatic carbocycles. The lowest BCUT2D eigenvalue weighted by atomic mass is 10.1. The van der Waals surface area contributed by atoms with E-state index in [2.05, 4.69) is 5.32 Å². The van der Waals surface area contributed by atoms with Crippen LogP contribution < -0.4 is 19.5 Å². The van der Waals surface area contributed by atoms with Crippen LogP contribution in [0.3, 0.4) is 0 Å². The summed E-state index contributed by atoms with van der Waals surface area (Å²) in [5, 5.41) is 3.50. The zero-order chi connectivity index (χ0) is 19.6. The highest BCUT2D eigenvalue weighted by Crippen LogP contribution is 2.31. The fourth-order valence-electron chi connectivity index (χ4n) is 2.39. The second kappa shape index (κ2) is 10.9. The molecule has 0 radical (unpaired) electrons. The van der Waals surface area contributed by atoms with Crippen LogP contribution in [-0.4, -0.2) is 32.3 Å². The van der Waals surface area contributed by atoms with E-state index in [1.54, 1.807) is 18.2 Å². The Hall–Kier alpha value is -2.11. The summed E-state index contributed by atoms with van der Waals surface area (Å²) in [6, 6.07) is 10.8. The Morgan fingerprint density at radius 3 is 2.44 bits per heavy atom. The van der Waals surface area contributed by atoms with Crippen LogP contribution in [0.5, 0.6) is 17.2 Å². The number of amides is 1. The van der Waals surface area contributed by atoms with Crippen LogP contribution in [0.4, 0.5) is 0 Å². The first-order valence-corrected chi connectivity index (χ1v) is 9.52.